The number of esters is 2. The van der Waals surface area contributed by atoms with E-state index in [4.69, 9.17) is 18.9 Å². The van der Waals surface area contributed by atoms with Gasteiger partial charge in [0.25, 0.3) is 0 Å². The van der Waals surface area contributed by atoms with E-state index in [0.717, 1.165) is 10.8 Å². The molecule has 2 rings (SSSR count). The maximum Gasteiger partial charge on any atom is 0.333 e. The third-order valence-electron chi connectivity index (χ3n) is 3.65. The van der Waals surface area contributed by atoms with Crippen molar-refractivity contribution in [3.63, 3.8) is 0 Å². The van der Waals surface area contributed by atoms with E-state index in [1.807, 2.05) is 30.3 Å². The summed E-state index contributed by atoms with van der Waals surface area (Å²) >= 11 is 0. The Bertz CT molecular complexity index is 884. The van der Waals surface area contributed by atoms with Gasteiger partial charge in [0.15, 0.2) is 0 Å². The van der Waals surface area contributed by atoms with Crippen LogP contribution in [0, 0.1) is 0 Å². The van der Waals surface area contributed by atoms with Gasteiger partial charge in [-0.15, -0.1) is 0 Å². The molecule has 0 unspecified atom stereocenters. The lowest BCUT2D eigenvalue weighted by Crippen LogP contribution is -2.13. The van der Waals surface area contributed by atoms with Crippen LogP contribution >= 0.6 is 0 Å². The summed E-state index contributed by atoms with van der Waals surface area (Å²) in [5.74, 6) is 0.294. The molecule has 0 saturated carbocycles. The number of carbonyl (C=O) groups excluding carboxylic acids is 2. The highest BCUT2D eigenvalue weighted by atomic mass is 16.6. The molecule has 0 heterocycles. The van der Waals surface area contributed by atoms with E-state index in [9.17, 15) is 9.59 Å². The van der Waals surface area contributed by atoms with Gasteiger partial charge < -0.3 is 18.9 Å². The summed E-state index contributed by atoms with van der Waals surface area (Å²) in [6.45, 7) is 10.9. The average molecular weight is 384 g/mol. The molecular formula is C22H24O6. The molecule has 0 spiro atoms. The Morgan fingerprint density at radius 3 is 2.00 bits per heavy atom. The van der Waals surface area contributed by atoms with E-state index < -0.39 is 11.9 Å². The highest BCUT2D eigenvalue weighted by Gasteiger charge is 2.08. The summed E-state index contributed by atoms with van der Waals surface area (Å²) in [6.07, 6.45) is 0. The zero-order valence-corrected chi connectivity index (χ0v) is 16.2. The van der Waals surface area contributed by atoms with E-state index in [2.05, 4.69) is 13.2 Å². The Kier molecular flexibility index (Phi) is 7.63. The maximum atomic E-state index is 11.4. The molecule has 148 valence electrons. The number of ether oxygens (including phenoxy) is 4. The van der Waals surface area contributed by atoms with Gasteiger partial charge in [0, 0.05) is 22.6 Å². The predicted molar refractivity (Wildman–Crippen MR) is 106 cm³/mol. The van der Waals surface area contributed by atoms with E-state index in [0.29, 0.717) is 22.6 Å². The van der Waals surface area contributed by atoms with Crippen molar-refractivity contribution in [2.75, 3.05) is 26.4 Å². The topological polar surface area (TPSA) is 71.1 Å². The van der Waals surface area contributed by atoms with Gasteiger partial charge >= 0.3 is 11.9 Å². The SMILES string of the molecule is C=C(C)C(=O)OCCOc1cc(OCCOC(=O)C(=C)C)c2ccccc2c1. The summed E-state index contributed by atoms with van der Waals surface area (Å²) in [5, 5.41) is 1.85. The van der Waals surface area contributed by atoms with E-state index in [-0.39, 0.29) is 26.4 Å². The lowest BCUT2D eigenvalue weighted by molar-refractivity contribution is -0.140. The number of fused-ring (bicyclic) bond motifs is 1. The second kappa shape index (κ2) is 10.2. The molecule has 0 aliphatic heterocycles. The monoisotopic (exact) mass is 384 g/mol. The van der Waals surface area contributed by atoms with Gasteiger partial charge in [-0.05, 0) is 25.3 Å². The van der Waals surface area contributed by atoms with Gasteiger partial charge in [-0.2, -0.15) is 0 Å². The Hall–Kier alpha value is -3.28. The smallest absolute Gasteiger partial charge is 0.333 e. The first-order chi connectivity index (χ1) is 13.4. The minimum atomic E-state index is -0.449. The van der Waals surface area contributed by atoms with Crippen LogP contribution in [0.25, 0.3) is 10.8 Å². The van der Waals surface area contributed by atoms with Crippen LogP contribution in [0.3, 0.4) is 0 Å². The van der Waals surface area contributed by atoms with Crippen molar-refractivity contribution >= 4 is 22.7 Å². The zero-order chi connectivity index (χ0) is 20.5. The van der Waals surface area contributed by atoms with Crippen LogP contribution in [-0.2, 0) is 19.1 Å². The van der Waals surface area contributed by atoms with Gasteiger partial charge in [-0.25, -0.2) is 9.59 Å². The van der Waals surface area contributed by atoms with Crippen LogP contribution < -0.4 is 9.47 Å². The molecule has 0 aromatic heterocycles. The lowest BCUT2D eigenvalue weighted by atomic mass is 10.1. The molecule has 0 atom stereocenters. The first-order valence-electron chi connectivity index (χ1n) is 8.82. The molecule has 2 aromatic carbocycles. The minimum absolute atomic E-state index is 0.113. The molecule has 0 aliphatic carbocycles. The molecule has 28 heavy (non-hydrogen) atoms. The van der Waals surface area contributed by atoms with Crippen LogP contribution in [0.15, 0.2) is 60.7 Å². The fraction of sp³-hybridized carbons (Fsp3) is 0.273. The molecule has 6 nitrogen and oxygen atoms in total. The molecule has 6 heteroatoms. The molecule has 0 bridgehead atoms. The first-order valence-corrected chi connectivity index (χ1v) is 8.82. The maximum absolute atomic E-state index is 11.4. The highest BCUT2D eigenvalue weighted by molar-refractivity contribution is 5.90. The van der Waals surface area contributed by atoms with Crippen molar-refractivity contribution < 1.29 is 28.5 Å². The summed E-state index contributed by atoms with van der Waals surface area (Å²) in [7, 11) is 0. The fourth-order valence-electron chi connectivity index (χ4n) is 2.28. The molecule has 0 saturated heterocycles. The highest BCUT2D eigenvalue weighted by Crippen LogP contribution is 2.31. The average Bonchev–Trinajstić information content (AvgIpc) is 2.67. The van der Waals surface area contributed by atoms with Crippen LogP contribution in [-0.4, -0.2) is 38.4 Å². The third kappa shape index (κ3) is 6.16. The number of benzene rings is 2. The standard InChI is InChI=1S/C22H24O6/c1-15(2)21(23)27-11-9-25-18-13-17-7-5-6-8-19(17)20(14-18)26-10-12-28-22(24)16(3)4/h5-8,13-14H,1,3,9-12H2,2,4H3. The predicted octanol–water partition coefficient (Wildman–Crippen LogP) is 3.84. The zero-order valence-electron chi connectivity index (χ0n) is 16.2. The molecular weight excluding hydrogens is 360 g/mol. The van der Waals surface area contributed by atoms with Crippen molar-refractivity contribution in [1.82, 2.24) is 0 Å². The minimum Gasteiger partial charge on any atom is -0.490 e. The van der Waals surface area contributed by atoms with Crippen LogP contribution in [0.4, 0.5) is 0 Å². The van der Waals surface area contributed by atoms with Crippen molar-refractivity contribution in [2.24, 2.45) is 0 Å². The Morgan fingerprint density at radius 2 is 1.39 bits per heavy atom. The van der Waals surface area contributed by atoms with Crippen molar-refractivity contribution in [3.05, 3.63) is 60.7 Å². The summed E-state index contributed by atoms with van der Waals surface area (Å²) in [5.41, 5.74) is 0.682. The van der Waals surface area contributed by atoms with Crippen molar-refractivity contribution in [1.29, 1.82) is 0 Å². The molecule has 0 radical (unpaired) electrons. The normalized spacial score (nSPS) is 10.2. The number of carbonyl (C=O) groups is 2. The van der Waals surface area contributed by atoms with Gasteiger partial charge in [0.05, 0.1) is 0 Å². The first kappa shape index (κ1) is 21.0. The lowest BCUT2D eigenvalue weighted by Gasteiger charge is -2.13. The van der Waals surface area contributed by atoms with Gasteiger partial charge in [-0.3, -0.25) is 0 Å². The van der Waals surface area contributed by atoms with E-state index in [1.165, 1.54) is 0 Å². The largest absolute Gasteiger partial charge is 0.490 e. The summed E-state index contributed by atoms with van der Waals surface area (Å²) in [4.78, 5) is 22.8. The van der Waals surface area contributed by atoms with Crippen molar-refractivity contribution in [2.45, 2.75) is 13.8 Å². The van der Waals surface area contributed by atoms with E-state index in [1.54, 1.807) is 19.9 Å². The molecule has 0 aliphatic rings. The van der Waals surface area contributed by atoms with E-state index >= 15 is 0 Å². The molecule has 0 amide bonds. The second-order valence-electron chi connectivity index (χ2n) is 6.17. The Balaban J connectivity index is 1.99. The van der Waals surface area contributed by atoms with Gasteiger partial charge in [-0.1, -0.05) is 37.4 Å². The van der Waals surface area contributed by atoms with Gasteiger partial charge in [0.1, 0.15) is 37.9 Å². The Morgan fingerprint density at radius 1 is 0.821 bits per heavy atom. The number of rotatable bonds is 10. The molecule has 0 fully saturated rings. The van der Waals surface area contributed by atoms with Crippen LogP contribution in [0.1, 0.15) is 13.8 Å². The van der Waals surface area contributed by atoms with Crippen LogP contribution in [0.2, 0.25) is 0 Å². The van der Waals surface area contributed by atoms with Crippen LogP contribution in [0.5, 0.6) is 11.5 Å². The number of hydrogen-bond acceptors (Lipinski definition) is 6. The van der Waals surface area contributed by atoms with Gasteiger partial charge in [0.2, 0.25) is 0 Å². The third-order valence-corrected chi connectivity index (χ3v) is 3.65. The van der Waals surface area contributed by atoms with Crippen molar-refractivity contribution in [3.8, 4) is 11.5 Å². The summed E-state index contributed by atoms with van der Waals surface area (Å²) in [6, 6.07) is 11.3. The quantitative estimate of drug-likeness (QED) is 0.352. The Labute approximate surface area is 164 Å². The fourth-order valence-corrected chi connectivity index (χ4v) is 2.28. The molecule has 2 aromatic rings. The summed E-state index contributed by atoms with van der Waals surface area (Å²) < 4.78 is 21.5. The molecule has 0 N–H and O–H groups in total. The number of hydrogen-bond donors (Lipinski definition) is 0. The second-order valence-corrected chi connectivity index (χ2v) is 6.17.